The van der Waals surface area contributed by atoms with Gasteiger partial charge in [0.25, 0.3) is 5.91 Å². The van der Waals surface area contributed by atoms with Crippen molar-refractivity contribution in [2.75, 3.05) is 18.5 Å². The molecule has 10 heteroatoms. The number of amides is 1. The first-order valence-electron chi connectivity index (χ1n) is 8.73. The molecule has 2 aromatic carbocycles. The van der Waals surface area contributed by atoms with Crippen LogP contribution in [-0.4, -0.2) is 37.2 Å². The molecule has 0 heterocycles. The molecule has 1 amide bonds. The fourth-order valence-electron chi connectivity index (χ4n) is 2.21. The molecule has 160 valence electrons. The number of carbonyl (C=O) groups is 3. The Bertz CT molecular complexity index is 879. The van der Waals surface area contributed by atoms with Crippen LogP contribution >= 0.6 is 0 Å². The van der Waals surface area contributed by atoms with E-state index in [9.17, 15) is 27.6 Å². The minimum atomic E-state index is -4.81. The molecule has 7 nitrogen and oxygen atoms in total. The van der Waals surface area contributed by atoms with Gasteiger partial charge in [0.2, 0.25) is 0 Å². The number of carbonyl (C=O) groups excluding carboxylic acids is 3. The Morgan fingerprint density at radius 2 is 1.50 bits per heavy atom. The van der Waals surface area contributed by atoms with Gasteiger partial charge in [0.15, 0.2) is 19.0 Å². The van der Waals surface area contributed by atoms with Crippen LogP contribution in [-0.2, 0) is 14.3 Å². The molecule has 0 radical (unpaired) electrons. The second-order valence-corrected chi connectivity index (χ2v) is 5.87. The molecular weight excluding hydrogens is 407 g/mol. The first-order valence-corrected chi connectivity index (χ1v) is 8.73. The van der Waals surface area contributed by atoms with Crippen molar-refractivity contribution in [3.05, 3.63) is 54.1 Å². The fourth-order valence-corrected chi connectivity index (χ4v) is 2.21. The van der Waals surface area contributed by atoms with Gasteiger partial charge in [-0.3, -0.25) is 9.59 Å². The molecule has 2 rings (SSSR count). The summed E-state index contributed by atoms with van der Waals surface area (Å²) < 4.78 is 50.0. The third-order valence-electron chi connectivity index (χ3n) is 3.59. The lowest BCUT2D eigenvalue weighted by Crippen LogP contribution is -2.23. The van der Waals surface area contributed by atoms with Gasteiger partial charge in [-0.25, -0.2) is 4.79 Å². The second kappa shape index (κ2) is 10.3. The second-order valence-electron chi connectivity index (χ2n) is 5.87. The molecule has 0 aliphatic carbocycles. The number of rotatable bonds is 9. The number of esters is 1. The number of ether oxygens (including phenoxy) is 3. The third-order valence-corrected chi connectivity index (χ3v) is 3.59. The van der Waals surface area contributed by atoms with Crippen LogP contribution in [0.5, 0.6) is 11.5 Å². The van der Waals surface area contributed by atoms with Gasteiger partial charge < -0.3 is 19.5 Å². The molecule has 0 saturated heterocycles. The van der Waals surface area contributed by atoms with E-state index in [1.54, 1.807) is 19.1 Å². The highest BCUT2D eigenvalue weighted by Crippen LogP contribution is 2.23. The van der Waals surface area contributed by atoms with Crippen molar-refractivity contribution >= 4 is 23.3 Å². The summed E-state index contributed by atoms with van der Waals surface area (Å²) in [5.74, 6) is -1.58. The number of hydrogen-bond acceptors (Lipinski definition) is 6. The first kappa shape index (κ1) is 22.7. The van der Waals surface area contributed by atoms with Crippen molar-refractivity contribution in [2.45, 2.75) is 19.7 Å². The van der Waals surface area contributed by atoms with Gasteiger partial charge in [-0.05, 0) is 48.5 Å². The van der Waals surface area contributed by atoms with Crippen molar-refractivity contribution in [3.63, 3.8) is 0 Å². The number of benzene rings is 2. The summed E-state index contributed by atoms with van der Waals surface area (Å²) in [6, 6.07) is 10.7. The zero-order valence-electron chi connectivity index (χ0n) is 15.8. The number of nitrogens with one attached hydrogen (secondary N) is 1. The maximum atomic E-state index is 12.1. The molecule has 0 aromatic heterocycles. The summed E-state index contributed by atoms with van der Waals surface area (Å²) in [4.78, 5) is 35.0. The van der Waals surface area contributed by atoms with Gasteiger partial charge in [0.05, 0.1) is 0 Å². The first-order chi connectivity index (χ1) is 14.2. The minimum Gasteiger partial charge on any atom is -0.482 e. The third kappa shape index (κ3) is 7.82. The van der Waals surface area contributed by atoms with Crippen LogP contribution in [0, 0.1) is 0 Å². The molecule has 0 spiro atoms. The van der Waals surface area contributed by atoms with Crippen LogP contribution in [0.15, 0.2) is 48.5 Å². The lowest BCUT2D eigenvalue weighted by molar-refractivity contribution is -0.274. The number of Topliss-reactive ketones (excluding diaryl/α,β-unsaturated/α-hetero) is 1. The Balaban J connectivity index is 1.72. The minimum absolute atomic E-state index is 0.0190. The van der Waals surface area contributed by atoms with E-state index < -0.39 is 37.2 Å². The summed E-state index contributed by atoms with van der Waals surface area (Å²) in [6.07, 6.45) is -4.43. The van der Waals surface area contributed by atoms with E-state index in [0.717, 1.165) is 12.1 Å². The van der Waals surface area contributed by atoms with Gasteiger partial charge in [0, 0.05) is 17.7 Å². The molecule has 0 aliphatic heterocycles. The average Bonchev–Trinajstić information content (AvgIpc) is 2.71. The van der Waals surface area contributed by atoms with Crippen molar-refractivity contribution in [1.82, 2.24) is 0 Å². The zero-order valence-corrected chi connectivity index (χ0v) is 15.8. The standard InChI is InChI=1S/C20H18F3NO6/c1-2-17(25)13-3-7-15(8-4-13)28-12-19(27)29-11-18(26)24-14-5-9-16(10-6-14)30-20(21,22)23/h3-10H,2,11-12H2,1H3,(H,24,26). The molecule has 0 bridgehead atoms. The summed E-state index contributed by atoms with van der Waals surface area (Å²) in [5, 5.41) is 2.36. The quantitative estimate of drug-likeness (QED) is 0.486. The lowest BCUT2D eigenvalue weighted by atomic mass is 10.1. The SMILES string of the molecule is CCC(=O)c1ccc(OCC(=O)OCC(=O)Nc2ccc(OC(F)(F)F)cc2)cc1. The van der Waals surface area contributed by atoms with E-state index >= 15 is 0 Å². The summed E-state index contributed by atoms with van der Waals surface area (Å²) in [6.45, 7) is 0.695. The smallest absolute Gasteiger partial charge is 0.482 e. The Morgan fingerprint density at radius 3 is 2.07 bits per heavy atom. The molecule has 0 saturated carbocycles. The summed E-state index contributed by atoms with van der Waals surface area (Å²) in [7, 11) is 0. The van der Waals surface area contributed by atoms with Crippen LogP contribution in [0.2, 0.25) is 0 Å². The number of halogens is 3. The molecule has 0 aliphatic rings. The molecule has 30 heavy (non-hydrogen) atoms. The molecule has 1 N–H and O–H groups in total. The van der Waals surface area contributed by atoms with Crippen LogP contribution in [0.4, 0.5) is 18.9 Å². The fraction of sp³-hybridized carbons (Fsp3) is 0.250. The van der Waals surface area contributed by atoms with Crippen molar-refractivity contribution in [1.29, 1.82) is 0 Å². The number of ketones is 1. The van der Waals surface area contributed by atoms with E-state index in [1.165, 1.54) is 24.3 Å². The highest BCUT2D eigenvalue weighted by atomic mass is 19.4. The zero-order chi connectivity index (χ0) is 22.1. The molecule has 0 unspecified atom stereocenters. The van der Waals surface area contributed by atoms with E-state index in [-0.39, 0.29) is 11.5 Å². The van der Waals surface area contributed by atoms with E-state index in [1.807, 2.05) is 0 Å². The van der Waals surface area contributed by atoms with E-state index in [0.29, 0.717) is 17.7 Å². The monoisotopic (exact) mass is 425 g/mol. The summed E-state index contributed by atoms with van der Waals surface area (Å²) in [5.41, 5.74) is 0.727. The van der Waals surface area contributed by atoms with Gasteiger partial charge >= 0.3 is 12.3 Å². The highest BCUT2D eigenvalue weighted by Gasteiger charge is 2.30. The predicted octanol–water partition coefficient (Wildman–Crippen LogP) is 3.74. The maximum absolute atomic E-state index is 12.1. The Morgan fingerprint density at radius 1 is 0.900 bits per heavy atom. The van der Waals surface area contributed by atoms with Crippen molar-refractivity contribution in [2.24, 2.45) is 0 Å². The topological polar surface area (TPSA) is 90.9 Å². The van der Waals surface area contributed by atoms with Gasteiger partial charge in [-0.15, -0.1) is 13.2 Å². The molecule has 0 fully saturated rings. The van der Waals surface area contributed by atoms with Crippen LogP contribution in [0.3, 0.4) is 0 Å². The molecular formula is C20H18F3NO6. The van der Waals surface area contributed by atoms with Crippen LogP contribution < -0.4 is 14.8 Å². The average molecular weight is 425 g/mol. The summed E-state index contributed by atoms with van der Waals surface area (Å²) >= 11 is 0. The van der Waals surface area contributed by atoms with Crippen LogP contribution in [0.25, 0.3) is 0 Å². The molecule has 2 aromatic rings. The van der Waals surface area contributed by atoms with Crippen molar-refractivity contribution < 1.29 is 41.8 Å². The Labute approximate surface area is 169 Å². The molecule has 0 atom stereocenters. The number of anilines is 1. The van der Waals surface area contributed by atoms with E-state index in [2.05, 4.69) is 10.1 Å². The maximum Gasteiger partial charge on any atom is 0.573 e. The Hall–Kier alpha value is -3.56. The number of alkyl halides is 3. The van der Waals surface area contributed by atoms with Gasteiger partial charge in [0.1, 0.15) is 11.5 Å². The predicted molar refractivity (Wildman–Crippen MR) is 99.3 cm³/mol. The van der Waals surface area contributed by atoms with E-state index in [4.69, 9.17) is 9.47 Å². The number of hydrogen-bond donors (Lipinski definition) is 1. The van der Waals surface area contributed by atoms with Gasteiger partial charge in [-0.2, -0.15) is 0 Å². The Kier molecular flexibility index (Phi) is 7.79. The normalized spacial score (nSPS) is 10.8. The highest BCUT2D eigenvalue weighted by molar-refractivity contribution is 5.96. The van der Waals surface area contributed by atoms with Crippen molar-refractivity contribution in [3.8, 4) is 11.5 Å². The van der Waals surface area contributed by atoms with Crippen LogP contribution in [0.1, 0.15) is 23.7 Å². The lowest BCUT2D eigenvalue weighted by Gasteiger charge is -2.10. The van der Waals surface area contributed by atoms with Gasteiger partial charge in [-0.1, -0.05) is 6.92 Å². The largest absolute Gasteiger partial charge is 0.573 e.